The second-order valence-electron chi connectivity index (χ2n) is 6.57. The number of fused-ring (bicyclic) bond motifs is 2. The van der Waals surface area contributed by atoms with Crippen LogP contribution in [-0.2, 0) is 16.0 Å². The third-order valence-corrected chi connectivity index (χ3v) is 5.87. The highest BCUT2D eigenvalue weighted by Gasteiger charge is 2.29. The summed E-state index contributed by atoms with van der Waals surface area (Å²) in [6, 6.07) is 15.8. The Morgan fingerprint density at radius 1 is 1.29 bits per heavy atom. The molecular weight excluding hydrogens is 372 g/mol. The van der Waals surface area contributed by atoms with Gasteiger partial charge in [-0.25, -0.2) is 0 Å². The average molecular weight is 390 g/mol. The molecular formula is C22H18N2O3S. The summed E-state index contributed by atoms with van der Waals surface area (Å²) < 4.78 is 11.2. The number of benzene rings is 2. The Morgan fingerprint density at radius 2 is 2.14 bits per heavy atom. The first-order valence-electron chi connectivity index (χ1n) is 8.99. The molecule has 1 unspecified atom stereocenters. The molecule has 1 aliphatic rings. The number of hydrogen-bond donors (Lipinski definition) is 0. The second kappa shape index (κ2) is 7.91. The van der Waals surface area contributed by atoms with Crippen LogP contribution in [0.3, 0.4) is 0 Å². The van der Waals surface area contributed by atoms with Crippen LogP contribution in [0, 0.1) is 18.3 Å². The largest absolute Gasteiger partial charge is 0.488 e. The van der Waals surface area contributed by atoms with Crippen LogP contribution in [0.2, 0.25) is 0 Å². The van der Waals surface area contributed by atoms with Gasteiger partial charge in [-0.05, 0) is 37.1 Å². The third kappa shape index (κ3) is 3.67. The average Bonchev–Trinajstić information content (AvgIpc) is 3.14. The Hall–Kier alpha value is -3.04. The van der Waals surface area contributed by atoms with Gasteiger partial charge in [-0.2, -0.15) is 5.26 Å². The van der Waals surface area contributed by atoms with Crippen molar-refractivity contribution >= 4 is 28.6 Å². The summed E-state index contributed by atoms with van der Waals surface area (Å²) in [6.45, 7) is 2.36. The van der Waals surface area contributed by atoms with Crippen LogP contribution in [0.15, 0.2) is 53.6 Å². The molecule has 2 aromatic carbocycles. The fraction of sp³-hybridized carbons (Fsp3) is 0.227. The zero-order chi connectivity index (χ0) is 19.5. The highest BCUT2D eigenvalue weighted by molar-refractivity contribution is 8.01. The van der Waals surface area contributed by atoms with E-state index in [4.69, 9.17) is 9.47 Å². The molecule has 0 fully saturated rings. The molecule has 2 heterocycles. The van der Waals surface area contributed by atoms with Gasteiger partial charge in [0.15, 0.2) is 0 Å². The van der Waals surface area contributed by atoms with E-state index < -0.39 is 0 Å². The summed E-state index contributed by atoms with van der Waals surface area (Å²) in [5, 5.41) is 9.87. The molecule has 6 heteroatoms. The summed E-state index contributed by atoms with van der Waals surface area (Å²) in [6.07, 6.45) is 2.19. The van der Waals surface area contributed by atoms with Crippen molar-refractivity contribution in [1.29, 1.82) is 5.26 Å². The van der Waals surface area contributed by atoms with Crippen molar-refractivity contribution in [3.05, 3.63) is 65.4 Å². The predicted molar refractivity (Wildman–Crippen MR) is 107 cm³/mol. The minimum absolute atomic E-state index is 0.132. The number of rotatable bonds is 5. The number of carbonyl (C=O) groups is 1. The van der Waals surface area contributed by atoms with Gasteiger partial charge >= 0.3 is 5.97 Å². The van der Waals surface area contributed by atoms with Crippen molar-refractivity contribution in [2.75, 3.05) is 13.2 Å². The molecule has 0 bridgehead atoms. The maximum atomic E-state index is 12.4. The highest BCUT2D eigenvalue weighted by atomic mass is 32.2. The van der Waals surface area contributed by atoms with Gasteiger partial charge in [-0.15, -0.1) is 11.8 Å². The molecule has 1 aromatic heterocycles. The Labute approximate surface area is 167 Å². The van der Waals surface area contributed by atoms with Gasteiger partial charge in [0.1, 0.15) is 35.8 Å². The standard InChI is InChI=1S/C22H18N2O3S/c1-14-6-7-19-15(10-14)11-20(28-19)22(25)27-9-8-26-21-16(12-23)13-24-18-5-3-2-4-17(18)21/h2-7,10,13,20H,8-9,11H2,1H3. The van der Waals surface area contributed by atoms with Gasteiger partial charge in [0.25, 0.3) is 0 Å². The fourth-order valence-corrected chi connectivity index (χ4v) is 4.41. The summed E-state index contributed by atoms with van der Waals surface area (Å²) in [4.78, 5) is 17.8. The van der Waals surface area contributed by atoms with Gasteiger partial charge < -0.3 is 9.47 Å². The number of thioether (sulfide) groups is 1. The molecule has 0 amide bonds. The molecule has 140 valence electrons. The molecule has 0 N–H and O–H groups in total. The number of ether oxygens (including phenoxy) is 2. The zero-order valence-corrected chi connectivity index (χ0v) is 16.2. The van der Waals surface area contributed by atoms with Crippen LogP contribution in [0.4, 0.5) is 0 Å². The number of aromatic nitrogens is 1. The molecule has 0 radical (unpaired) electrons. The van der Waals surface area contributed by atoms with E-state index >= 15 is 0 Å². The first kappa shape index (κ1) is 18.3. The Kier molecular flexibility index (Phi) is 5.18. The van der Waals surface area contributed by atoms with Crippen molar-refractivity contribution in [3.8, 4) is 11.8 Å². The lowest BCUT2D eigenvalue weighted by Gasteiger charge is -2.12. The number of nitriles is 1. The summed E-state index contributed by atoms with van der Waals surface area (Å²) in [5.74, 6) is 0.241. The van der Waals surface area contributed by atoms with Crippen LogP contribution < -0.4 is 4.74 Å². The van der Waals surface area contributed by atoms with Gasteiger partial charge in [0.05, 0.1) is 5.52 Å². The van der Waals surface area contributed by atoms with Crippen LogP contribution in [0.25, 0.3) is 10.9 Å². The second-order valence-corrected chi connectivity index (χ2v) is 7.81. The van der Waals surface area contributed by atoms with Crippen LogP contribution in [0.5, 0.6) is 5.75 Å². The van der Waals surface area contributed by atoms with Crippen LogP contribution >= 0.6 is 11.8 Å². The lowest BCUT2D eigenvalue weighted by molar-refractivity contribution is -0.143. The fourth-order valence-electron chi connectivity index (χ4n) is 3.24. The van der Waals surface area contributed by atoms with Crippen molar-refractivity contribution in [2.24, 2.45) is 0 Å². The van der Waals surface area contributed by atoms with Gasteiger partial charge in [-0.1, -0.05) is 29.8 Å². The number of nitrogens with zero attached hydrogens (tertiary/aromatic N) is 2. The lowest BCUT2D eigenvalue weighted by atomic mass is 10.1. The van der Waals surface area contributed by atoms with E-state index in [2.05, 4.69) is 29.3 Å². The normalized spacial score (nSPS) is 15.1. The van der Waals surface area contributed by atoms with E-state index in [-0.39, 0.29) is 24.4 Å². The first-order chi connectivity index (χ1) is 13.7. The van der Waals surface area contributed by atoms with Gasteiger partial charge in [0.2, 0.25) is 0 Å². The molecule has 4 rings (SSSR count). The molecule has 1 aliphatic heterocycles. The third-order valence-electron chi connectivity index (χ3n) is 4.57. The molecule has 5 nitrogen and oxygen atoms in total. The van der Waals surface area contributed by atoms with Gasteiger partial charge in [-0.3, -0.25) is 9.78 Å². The molecule has 0 aliphatic carbocycles. The Balaban J connectivity index is 1.35. The lowest BCUT2D eigenvalue weighted by Crippen LogP contribution is -2.22. The Bertz CT molecular complexity index is 1090. The number of carbonyl (C=O) groups excluding carboxylic acids is 1. The van der Waals surface area contributed by atoms with E-state index in [9.17, 15) is 10.1 Å². The van der Waals surface area contributed by atoms with Crippen molar-refractivity contribution in [1.82, 2.24) is 4.98 Å². The van der Waals surface area contributed by atoms with Crippen LogP contribution in [0.1, 0.15) is 16.7 Å². The molecule has 1 atom stereocenters. The van der Waals surface area contributed by atoms with Crippen molar-refractivity contribution in [3.63, 3.8) is 0 Å². The molecule has 0 saturated heterocycles. The summed E-state index contributed by atoms with van der Waals surface area (Å²) in [5.41, 5.74) is 3.51. The molecule has 28 heavy (non-hydrogen) atoms. The maximum absolute atomic E-state index is 12.4. The topological polar surface area (TPSA) is 72.2 Å². The van der Waals surface area contributed by atoms with Crippen molar-refractivity contribution in [2.45, 2.75) is 23.5 Å². The minimum Gasteiger partial charge on any atom is -0.488 e. The number of hydrogen-bond acceptors (Lipinski definition) is 6. The van der Waals surface area contributed by atoms with Gasteiger partial charge in [0, 0.05) is 16.5 Å². The van der Waals surface area contributed by atoms with Crippen LogP contribution in [-0.4, -0.2) is 29.4 Å². The maximum Gasteiger partial charge on any atom is 0.319 e. The van der Waals surface area contributed by atoms with E-state index in [1.807, 2.05) is 31.2 Å². The van der Waals surface area contributed by atoms with E-state index in [0.717, 1.165) is 15.8 Å². The van der Waals surface area contributed by atoms with E-state index in [1.54, 1.807) is 11.8 Å². The van der Waals surface area contributed by atoms with Crippen molar-refractivity contribution < 1.29 is 14.3 Å². The number of pyridine rings is 1. The quantitative estimate of drug-likeness (QED) is 0.483. The zero-order valence-electron chi connectivity index (χ0n) is 15.3. The summed E-state index contributed by atoms with van der Waals surface area (Å²) >= 11 is 1.55. The number of esters is 1. The molecule has 0 spiro atoms. The van der Waals surface area contributed by atoms with E-state index in [0.29, 0.717) is 17.7 Å². The summed E-state index contributed by atoms with van der Waals surface area (Å²) in [7, 11) is 0. The smallest absolute Gasteiger partial charge is 0.319 e. The molecule has 3 aromatic rings. The number of para-hydroxylation sites is 1. The monoisotopic (exact) mass is 390 g/mol. The van der Waals surface area contributed by atoms with E-state index in [1.165, 1.54) is 17.3 Å². The SMILES string of the molecule is Cc1ccc2c(c1)CC(C(=O)OCCOc1c(C#N)cnc3ccccc13)S2. The molecule has 0 saturated carbocycles. The minimum atomic E-state index is -0.234. The highest BCUT2D eigenvalue weighted by Crippen LogP contribution is 2.38. The first-order valence-corrected chi connectivity index (χ1v) is 9.87. The number of aryl methyl sites for hydroxylation is 1. The predicted octanol–water partition coefficient (Wildman–Crippen LogP) is 4.05. The Morgan fingerprint density at radius 3 is 3.00 bits per heavy atom.